The van der Waals surface area contributed by atoms with Crippen LogP contribution >= 0.6 is 0 Å². The molecule has 10 nitrogen and oxygen atoms in total. The molecule has 0 fully saturated rings. The van der Waals surface area contributed by atoms with Gasteiger partial charge in [0.2, 0.25) is 5.91 Å². The molecule has 0 aliphatic carbocycles. The van der Waals surface area contributed by atoms with Crippen molar-refractivity contribution in [1.82, 2.24) is 0 Å². The number of nitrogens with zero attached hydrogens (tertiary/aromatic N) is 2. The van der Waals surface area contributed by atoms with Crippen LogP contribution in [0.15, 0.2) is 103 Å². The molecular formula is C34H33F3N4O6. The second-order valence-electron chi connectivity index (χ2n) is 10.2. The zero-order chi connectivity index (χ0) is 34.6. The molecule has 13 heteroatoms. The third-order valence-corrected chi connectivity index (χ3v) is 6.84. The molecule has 0 spiro atoms. The molecule has 0 saturated heterocycles. The van der Waals surface area contributed by atoms with Gasteiger partial charge in [0.15, 0.2) is 0 Å². The molecule has 0 saturated carbocycles. The zero-order valence-corrected chi connectivity index (χ0v) is 25.1. The number of carbonyl (C=O) groups excluding carboxylic acids is 2. The van der Waals surface area contributed by atoms with Crippen molar-refractivity contribution in [1.29, 1.82) is 0 Å². The van der Waals surface area contributed by atoms with E-state index < -0.39 is 24.7 Å². The SMILES string of the molecule is NC(=O)c1ccc2c(c1)N(Cc1ccccc1)CC2.NCc1cccc(C(=O)N(CC(=O)O)c2ccccc2)c1.O=C(O)C(F)(F)F. The summed E-state index contributed by atoms with van der Waals surface area (Å²) in [6.07, 6.45) is -4.05. The molecule has 4 aromatic rings. The summed E-state index contributed by atoms with van der Waals surface area (Å²) in [4.78, 5) is 47.3. The fourth-order valence-corrected chi connectivity index (χ4v) is 4.58. The van der Waals surface area contributed by atoms with Gasteiger partial charge in [-0.15, -0.1) is 0 Å². The van der Waals surface area contributed by atoms with Crippen LogP contribution in [0.4, 0.5) is 24.5 Å². The molecule has 1 aliphatic rings. The van der Waals surface area contributed by atoms with E-state index in [-0.39, 0.29) is 11.8 Å². The quantitative estimate of drug-likeness (QED) is 0.210. The minimum atomic E-state index is -5.08. The van der Waals surface area contributed by atoms with Crippen molar-refractivity contribution in [2.75, 3.05) is 22.9 Å². The van der Waals surface area contributed by atoms with E-state index in [4.69, 9.17) is 26.5 Å². The van der Waals surface area contributed by atoms with E-state index >= 15 is 0 Å². The molecule has 246 valence electrons. The Morgan fingerprint density at radius 3 is 1.94 bits per heavy atom. The second kappa shape index (κ2) is 16.6. The van der Waals surface area contributed by atoms with Crippen molar-refractivity contribution < 1.29 is 42.6 Å². The lowest BCUT2D eigenvalue weighted by atomic mass is 10.1. The van der Waals surface area contributed by atoms with Crippen LogP contribution < -0.4 is 21.3 Å². The number of hydrogen-bond acceptors (Lipinski definition) is 6. The van der Waals surface area contributed by atoms with E-state index in [0.717, 1.165) is 30.8 Å². The Morgan fingerprint density at radius 2 is 1.38 bits per heavy atom. The van der Waals surface area contributed by atoms with Crippen LogP contribution in [0.5, 0.6) is 0 Å². The number of fused-ring (bicyclic) bond motifs is 1. The Kier molecular flexibility index (Phi) is 12.6. The number of primary amides is 1. The number of halogens is 3. The summed E-state index contributed by atoms with van der Waals surface area (Å²) >= 11 is 0. The van der Waals surface area contributed by atoms with E-state index in [1.165, 1.54) is 16.0 Å². The third-order valence-electron chi connectivity index (χ3n) is 6.84. The first-order valence-electron chi connectivity index (χ1n) is 14.2. The number of carbonyl (C=O) groups is 4. The Morgan fingerprint density at radius 1 is 0.787 bits per heavy atom. The molecule has 1 heterocycles. The highest BCUT2D eigenvalue weighted by Crippen LogP contribution is 2.30. The lowest BCUT2D eigenvalue weighted by Crippen LogP contribution is -2.35. The summed E-state index contributed by atoms with van der Waals surface area (Å²) in [7, 11) is 0. The van der Waals surface area contributed by atoms with Crippen molar-refractivity contribution in [3.05, 3.63) is 131 Å². The van der Waals surface area contributed by atoms with Crippen LogP contribution in [0.25, 0.3) is 0 Å². The Balaban J connectivity index is 0.000000214. The molecule has 0 atom stereocenters. The molecule has 5 rings (SSSR count). The highest BCUT2D eigenvalue weighted by Gasteiger charge is 2.38. The predicted molar refractivity (Wildman–Crippen MR) is 170 cm³/mol. The monoisotopic (exact) mass is 650 g/mol. The summed E-state index contributed by atoms with van der Waals surface area (Å²) in [5.74, 6) is -4.55. The minimum absolute atomic E-state index is 0.325. The van der Waals surface area contributed by atoms with Gasteiger partial charge < -0.3 is 26.6 Å². The first kappa shape index (κ1) is 35.8. The number of nitrogens with two attached hydrogens (primary N) is 2. The van der Waals surface area contributed by atoms with Gasteiger partial charge in [-0.05, 0) is 59.5 Å². The first-order chi connectivity index (χ1) is 22.3. The van der Waals surface area contributed by atoms with E-state index in [9.17, 15) is 27.6 Å². The van der Waals surface area contributed by atoms with Gasteiger partial charge in [0.1, 0.15) is 6.54 Å². The average Bonchev–Trinajstić information content (AvgIpc) is 3.46. The van der Waals surface area contributed by atoms with Crippen molar-refractivity contribution in [2.45, 2.75) is 25.7 Å². The summed E-state index contributed by atoms with van der Waals surface area (Å²) in [5.41, 5.74) is 17.0. The maximum atomic E-state index is 12.6. The molecule has 4 aromatic carbocycles. The summed E-state index contributed by atoms with van der Waals surface area (Å²) in [6, 6.07) is 31.7. The highest BCUT2D eigenvalue weighted by molar-refractivity contribution is 6.08. The Hall–Kier alpha value is -5.69. The van der Waals surface area contributed by atoms with Crippen LogP contribution in [0.3, 0.4) is 0 Å². The van der Waals surface area contributed by atoms with Crippen molar-refractivity contribution in [2.24, 2.45) is 11.5 Å². The number of para-hydroxylation sites is 1. The normalized spacial score (nSPS) is 11.6. The number of anilines is 2. The zero-order valence-electron chi connectivity index (χ0n) is 25.1. The molecule has 47 heavy (non-hydrogen) atoms. The van der Waals surface area contributed by atoms with Crippen molar-refractivity contribution in [3.63, 3.8) is 0 Å². The van der Waals surface area contributed by atoms with E-state index in [1.807, 2.05) is 48.5 Å². The molecule has 2 amide bonds. The van der Waals surface area contributed by atoms with Gasteiger partial charge in [0, 0.05) is 42.1 Å². The first-order valence-corrected chi connectivity index (χ1v) is 14.2. The third kappa shape index (κ3) is 10.7. The molecule has 1 aliphatic heterocycles. The number of hydrogen-bond donors (Lipinski definition) is 4. The van der Waals surface area contributed by atoms with Gasteiger partial charge in [-0.2, -0.15) is 13.2 Å². The van der Waals surface area contributed by atoms with E-state index in [2.05, 4.69) is 17.0 Å². The number of alkyl halides is 3. The number of carboxylic acid groups (broad SMARTS) is 2. The van der Waals surface area contributed by atoms with Crippen LogP contribution in [0, 0.1) is 0 Å². The van der Waals surface area contributed by atoms with Gasteiger partial charge in [-0.1, -0.05) is 66.7 Å². The largest absolute Gasteiger partial charge is 0.490 e. The Bertz CT molecular complexity index is 1680. The predicted octanol–water partition coefficient (Wildman–Crippen LogP) is 4.86. The summed E-state index contributed by atoms with van der Waals surface area (Å²) in [6.45, 7) is 1.80. The molecule has 6 N–H and O–H groups in total. The lowest BCUT2D eigenvalue weighted by molar-refractivity contribution is -0.192. The number of carboxylic acids is 2. The fraction of sp³-hybridized carbons (Fsp3) is 0.176. The number of rotatable bonds is 8. The lowest BCUT2D eigenvalue weighted by Gasteiger charge is -2.21. The maximum Gasteiger partial charge on any atom is 0.490 e. The van der Waals surface area contributed by atoms with Crippen molar-refractivity contribution in [3.8, 4) is 0 Å². The van der Waals surface area contributed by atoms with E-state index in [0.29, 0.717) is 23.4 Å². The molecular weight excluding hydrogens is 617 g/mol. The van der Waals surface area contributed by atoms with Gasteiger partial charge in [-0.3, -0.25) is 19.3 Å². The second-order valence-corrected chi connectivity index (χ2v) is 10.2. The van der Waals surface area contributed by atoms with E-state index in [1.54, 1.807) is 42.5 Å². The van der Waals surface area contributed by atoms with Crippen LogP contribution in [0.2, 0.25) is 0 Å². The minimum Gasteiger partial charge on any atom is -0.480 e. The fourth-order valence-electron chi connectivity index (χ4n) is 4.58. The number of amides is 2. The topological polar surface area (TPSA) is 167 Å². The molecule has 0 radical (unpaired) electrons. The van der Waals surface area contributed by atoms with Gasteiger partial charge >= 0.3 is 18.1 Å². The molecule has 0 aromatic heterocycles. The van der Waals surface area contributed by atoms with Gasteiger partial charge in [0.05, 0.1) is 0 Å². The smallest absolute Gasteiger partial charge is 0.480 e. The van der Waals surface area contributed by atoms with Crippen LogP contribution in [-0.4, -0.2) is 53.2 Å². The van der Waals surface area contributed by atoms with Crippen LogP contribution in [-0.2, 0) is 29.1 Å². The number of aliphatic carboxylic acids is 2. The average molecular weight is 651 g/mol. The standard InChI is InChI=1S/C16H16N2O3.C16H16N2O.C2HF3O2/c17-10-12-5-4-6-13(9-12)16(21)18(11-15(19)20)14-7-2-1-3-8-14;17-16(19)14-7-6-13-8-9-18(15(13)10-14)11-12-4-2-1-3-5-12;3-2(4,5)1(6)7/h1-9H,10-11,17H2,(H,19,20);1-7,10H,8-9,11H2,(H2,17,19);(H,6,7). The van der Waals surface area contributed by atoms with Crippen LogP contribution in [0.1, 0.15) is 37.4 Å². The molecule has 0 unspecified atom stereocenters. The van der Waals surface area contributed by atoms with Gasteiger partial charge in [-0.25, -0.2) is 4.79 Å². The summed E-state index contributed by atoms with van der Waals surface area (Å²) < 4.78 is 31.7. The number of benzene rings is 4. The van der Waals surface area contributed by atoms with Gasteiger partial charge in [0.25, 0.3) is 5.91 Å². The maximum absolute atomic E-state index is 12.6. The summed E-state index contributed by atoms with van der Waals surface area (Å²) in [5, 5.41) is 16.2. The molecule has 0 bridgehead atoms. The van der Waals surface area contributed by atoms with Crippen molar-refractivity contribution >= 4 is 35.1 Å². The Labute approximate surface area is 268 Å². The highest BCUT2D eigenvalue weighted by atomic mass is 19.4.